The van der Waals surface area contributed by atoms with Crippen molar-refractivity contribution in [2.75, 3.05) is 25.3 Å². The van der Waals surface area contributed by atoms with Gasteiger partial charge in [-0.2, -0.15) is 4.98 Å². The number of halogens is 1. The van der Waals surface area contributed by atoms with Crippen LogP contribution in [0.2, 0.25) is 0 Å². The van der Waals surface area contributed by atoms with E-state index in [2.05, 4.69) is 36.4 Å². The van der Waals surface area contributed by atoms with E-state index < -0.39 is 18.8 Å². The van der Waals surface area contributed by atoms with E-state index in [0.717, 1.165) is 21.3 Å². The van der Waals surface area contributed by atoms with Gasteiger partial charge in [0.1, 0.15) is 0 Å². The molecule has 0 radical (unpaired) electrons. The van der Waals surface area contributed by atoms with Gasteiger partial charge in [0.15, 0.2) is 30.0 Å². The van der Waals surface area contributed by atoms with Crippen LogP contribution in [-0.2, 0) is 4.79 Å². The van der Waals surface area contributed by atoms with Crippen LogP contribution in [0.25, 0.3) is 11.3 Å². The Morgan fingerprint density at radius 1 is 1.26 bits per heavy atom. The number of rotatable bonds is 6. The number of benzene rings is 2. The number of ether oxygens (including phenoxy) is 3. The highest BCUT2D eigenvalue weighted by Gasteiger charge is 2.27. The van der Waals surface area contributed by atoms with Gasteiger partial charge in [-0.1, -0.05) is 27.7 Å². The van der Waals surface area contributed by atoms with E-state index in [1.165, 1.54) is 18.9 Å². The molecule has 4 rings (SSSR count). The van der Waals surface area contributed by atoms with E-state index in [1.807, 2.05) is 24.5 Å². The van der Waals surface area contributed by atoms with E-state index in [0.29, 0.717) is 28.2 Å². The largest absolute Gasteiger partial charge is 0.493 e. The molecule has 0 bridgehead atoms. The molecule has 1 atom stereocenters. The molecule has 9 nitrogen and oxygen atoms in total. The molecule has 2 aromatic carbocycles. The lowest BCUT2D eigenvalue weighted by atomic mass is 10.1. The topological polar surface area (TPSA) is 116 Å². The quantitative estimate of drug-likeness (QED) is 0.477. The number of aliphatic carboxylic acids is 1. The van der Waals surface area contributed by atoms with Gasteiger partial charge in [0.25, 0.3) is 0 Å². The fraction of sp³-hybridized carbons (Fsp3) is 0.200. The molecule has 0 aliphatic carbocycles. The van der Waals surface area contributed by atoms with Crippen LogP contribution in [-0.4, -0.2) is 46.2 Å². The maximum atomic E-state index is 10.8. The molecule has 0 unspecified atom stereocenters. The first kappa shape index (κ1) is 21.2. The van der Waals surface area contributed by atoms with E-state index in [4.69, 9.17) is 19.3 Å². The monoisotopic (exact) mass is 504 g/mol. The maximum Gasteiger partial charge on any atom is 0.341 e. The first-order valence-electron chi connectivity index (χ1n) is 9.03. The summed E-state index contributed by atoms with van der Waals surface area (Å²) in [6.07, 6.45) is 1.25. The molecule has 1 aliphatic rings. The van der Waals surface area contributed by atoms with E-state index >= 15 is 0 Å². The number of carboxylic acid groups (broad SMARTS) is 1. The highest BCUT2D eigenvalue weighted by molar-refractivity contribution is 9.10. The van der Waals surface area contributed by atoms with Crippen LogP contribution in [0.15, 0.2) is 46.0 Å². The number of thioether (sulfide) groups is 1. The van der Waals surface area contributed by atoms with Crippen molar-refractivity contribution in [3.63, 3.8) is 0 Å². The molecule has 31 heavy (non-hydrogen) atoms. The molecular formula is C20H17BrN4O5S. The van der Waals surface area contributed by atoms with Gasteiger partial charge in [-0.05, 0) is 42.7 Å². The molecule has 0 fully saturated rings. The van der Waals surface area contributed by atoms with Crippen molar-refractivity contribution >= 4 is 39.3 Å². The molecule has 0 saturated heterocycles. The number of methoxy groups -OCH3 is 1. The first-order chi connectivity index (χ1) is 15.0. The second-order valence-corrected chi connectivity index (χ2v) is 8.07. The van der Waals surface area contributed by atoms with Gasteiger partial charge in [0.05, 0.1) is 7.11 Å². The van der Waals surface area contributed by atoms with Crippen LogP contribution in [0.3, 0.4) is 0 Å². The second-order valence-electron chi connectivity index (χ2n) is 6.38. The summed E-state index contributed by atoms with van der Waals surface area (Å²) in [5.41, 5.74) is 2.85. The third-order valence-electron chi connectivity index (χ3n) is 4.41. The fourth-order valence-electron chi connectivity index (χ4n) is 3.01. The third-order valence-corrected chi connectivity index (χ3v) is 5.44. The fourth-order valence-corrected chi connectivity index (χ4v) is 3.67. The van der Waals surface area contributed by atoms with Gasteiger partial charge < -0.3 is 24.6 Å². The summed E-state index contributed by atoms with van der Waals surface area (Å²) >= 11 is 4.86. The lowest BCUT2D eigenvalue weighted by Gasteiger charge is -2.20. The predicted molar refractivity (Wildman–Crippen MR) is 118 cm³/mol. The van der Waals surface area contributed by atoms with Crippen molar-refractivity contribution in [3.8, 4) is 28.6 Å². The van der Waals surface area contributed by atoms with Gasteiger partial charge in [-0.15, -0.1) is 10.2 Å². The average Bonchev–Trinajstić information content (AvgIpc) is 2.93. The molecule has 1 aromatic heterocycles. The molecular weight excluding hydrogens is 488 g/mol. The Balaban J connectivity index is 1.76. The standard InChI is InChI=1S/C20H17BrN4O5S/c1-28-15-7-10(3-6-14(15)29-9-16(26)27)18-22-13-5-4-11(21)8-12(13)17-19(30-18)23-20(31-2)25-24-17/h3-8,18,22H,9H2,1-2H3,(H,26,27)/t18-/m0/s1. The Labute approximate surface area is 190 Å². The number of nitrogens with one attached hydrogen (secondary N) is 1. The Kier molecular flexibility index (Phi) is 6.14. The highest BCUT2D eigenvalue weighted by atomic mass is 79.9. The average molecular weight is 505 g/mol. The van der Waals surface area contributed by atoms with Gasteiger partial charge in [0.2, 0.25) is 11.0 Å². The van der Waals surface area contributed by atoms with E-state index in [9.17, 15) is 4.79 Å². The molecule has 11 heteroatoms. The lowest BCUT2D eigenvalue weighted by molar-refractivity contribution is -0.139. The molecule has 0 saturated carbocycles. The van der Waals surface area contributed by atoms with Crippen LogP contribution in [0.1, 0.15) is 11.8 Å². The van der Waals surface area contributed by atoms with Gasteiger partial charge in [-0.3, -0.25) is 0 Å². The summed E-state index contributed by atoms with van der Waals surface area (Å²) in [6, 6.07) is 10.9. The second kappa shape index (κ2) is 8.98. The minimum absolute atomic E-state index is 0.320. The minimum Gasteiger partial charge on any atom is -0.493 e. The number of hydrogen-bond acceptors (Lipinski definition) is 9. The van der Waals surface area contributed by atoms with Gasteiger partial charge in [0, 0.05) is 21.3 Å². The molecule has 0 spiro atoms. The van der Waals surface area contributed by atoms with Crippen molar-refractivity contribution in [2.45, 2.75) is 11.4 Å². The number of nitrogens with zero attached hydrogens (tertiary/aromatic N) is 3. The van der Waals surface area contributed by atoms with Gasteiger partial charge >= 0.3 is 5.97 Å². The van der Waals surface area contributed by atoms with Crippen molar-refractivity contribution in [3.05, 3.63) is 46.4 Å². The molecule has 0 amide bonds. The predicted octanol–water partition coefficient (Wildman–Crippen LogP) is 4.00. The normalized spacial score (nSPS) is 14.4. The molecule has 1 aliphatic heterocycles. The van der Waals surface area contributed by atoms with Crippen LogP contribution in [0, 0.1) is 0 Å². The Bertz CT molecular complexity index is 1150. The van der Waals surface area contributed by atoms with Crippen LogP contribution in [0.4, 0.5) is 5.69 Å². The summed E-state index contributed by atoms with van der Waals surface area (Å²) in [7, 11) is 1.48. The highest BCUT2D eigenvalue weighted by Crippen LogP contribution is 2.41. The van der Waals surface area contributed by atoms with Crippen molar-refractivity contribution in [1.82, 2.24) is 15.2 Å². The number of aromatic nitrogens is 3. The number of carboxylic acids is 1. The zero-order chi connectivity index (χ0) is 22.0. The van der Waals surface area contributed by atoms with Gasteiger partial charge in [-0.25, -0.2) is 4.79 Å². The zero-order valence-electron chi connectivity index (χ0n) is 16.5. The summed E-state index contributed by atoms with van der Waals surface area (Å²) in [5, 5.41) is 21.2. The Morgan fingerprint density at radius 2 is 2.10 bits per heavy atom. The molecule has 160 valence electrons. The Morgan fingerprint density at radius 3 is 2.84 bits per heavy atom. The molecule has 3 aromatic rings. The first-order valence-corrected chi connectivity index (χ1v) is 11.0. The maximum absolute atomic E-state index is 10.8. The summed E-state index contributed by atoms with van der Waals surface area (Å²) in [5.74, 6) is -0.0224. The summed E-state index contributed by atoms with van der Waals surface area (Å²) in [4.78, 5) is 15.3. The molecule has 2 N–H and O–H groups in total. The van der Waals surface area contributed by atoms with Crippen LogP contribution < -0.4 is 19.5 Å². The van der Waals surface area contributed by atoms with Crippen molar-refractivity contribution in [2.24, 2.45) is 0 Å². The number of fused-ring (bicyclic) bond motifs is 3. The molecule has 2 heterocycles. The SMILES string of the molecule is COc1cc([C@H]2Nc3ccc(Br)cc3-c3nnc(SC)nc3O2)ccc1OCC(=O)O. The van der Waals surface area contributed by atoms with Crippen molar-refractivity contribution in [1.29, 1.82) is 0 Å². The Hall–Kier alpha value is -3.05. The van der Waals surface area contributed by atoms with E-state index in [-0.39, 0.29) is 0 Å². The lowest BCUT2D eigenvalue weighted by Crippen LogP contribution is -2.17. The van der Waals surface area contributed by atoms with Crippen LogP contribution >= 0.6 is 27.7 Å². The summed E-state index contributed by atoms with van der Waals surface area (Å²) < 4.78 is 17.8. The van der Waals surface area contributed by atoms with E-state index in [1.54, 1.807) is 18.2 Å². The zero-order valence-corrected chi connectivity index (χ0v) is 18.9. The third kappa shape index (κ3) is 4.52. The number of anilines is 1. The smallest absolute Gasteiger partial charge is 0.341 e. The van der Waals surface area contributed by atoms with Crippen LogP contribution in [0.5, 0.6) is 17.4 Å². The van der Waals surface area contributed by atoms with Crippen molar-refractivity contribution < 1.29 is 24.1 Å². The summed E-state index contributed by atoms with van der Waals surface area (Å²) in [6.45, 7) is -0.469. The number of hydrogen-bond donors (Lipinski definition) is 2. The minimum atomic E-state index is -1.07. The number of carbonyl (C=O) groups is 1.